The maximum absolute atomic E-state index is 14.9. The van der Waals surface area contributed by atoms with Gasteiger partial charge in [0.25, 0.3) is 0 Å². The first-order chi connectivity index (χ1) is 23.3. The molecule has 48 heavy (non-hydrogen) atoms. The predicted molar refractivity (Wildman–Crippen MR) is 177 cm³/mol. The number of hydrogen-bond acceptors (Lipinski definition) is 11. The molecule has 0 amide bonds. The van der Waals surface area contributed by atoms with Crippen LogP contribution in [-0.2, 0) is 0 Å². The van der Waals surface area contributed by atoms with Gasteiger partial charge in [-0.05, 0) is 35.9 Å². The van der Waals surface area contributed by atoms with E-state index in [0.29, 0.717) is 39.7 Å². The number of ether oxygens (including phenoxy) is 8. The fourth-order valence-electron chi connectivity index (χ4n) is 6.07. The second-order valence-electron chi connectivity index (χ2n) is 10.8. The van der Waals surface area contributed by atoms with Crippen LogP contribution in [0.2, 0.25) is 0 Å². The van der Waals surface area contributed by atoms with Gasteiger partial charge in [0.05, 0.1) is 61.2 Å². The average Bonchev–Trinajstić information content (AvgIpc) is 3.13. The minimum Gasteiger partial charge on any atom is -0.497 e. The number of fused-ring (bicyclic) bond motifs is 2. The highest BCUT2D eigenvalue weighted by molar-refractivity contribution is 6.09. The number of methoxy groups -OCH3 is 7. The van der Waals surface area contributed by atoms with E-state index in [1.165, 1.54) is 48.7 Å². The van der Waals surface area contributed by atoms with Crippen LogP contribution in [0.15, 0.2) is 75.9 Å². The van der Waals surface area contributed by atoms with Gasteiger partial charge in [0.2, 0.25) is 0 Å². The van der Waals surface area contributed by atoms with Crippen molar-refractivity contribution < 1.29 is 47.1 Å². The lowest BCUT2D eigenvalue weighted by molar-refractivity contribution is 0.0772. The molecule has 2 atom stereocenters. The Labute approximate surface area is 276 Å². The van der Waals surface area contributed by atoms with Crippen LogP contribution in [0.1, 0.15) is 33.5 Å². The maximum atomic E-state index is 14.9. The summed E-state index contributed by atoms with van der Waals surface area (Å²) in [5.41, 5.74) is 1.40. The van der Waals surface area contributed by atoms with Crippen molar-refractivity contribution in [2.75, 3.05) is 49.8 Å². The quantitative estimate of drug-likeness (QED) is 0.162. The van der Waals surface area contributed by atoms with Gasteiger partial charge in [-0.3, -0.25) is 9.59 Å². The molecule has 0 aliphatic carbocycles. The Morgan fingerprint density at radius 3 is 1.88 bits per heavy atom. The minimum absolute atomic E-state index is 0.0971. The zero-order valence-electron chi connectivity index (χ0n) is 27.5. The van der Waals surface area contributed by atoms with Gasteiger partial charge in [-0.25, -0.2) is 0 Å². The molecule has 11 heteroatoms. The van der Waals surface area contributed by atoms with E-state index in [2.05, 4.69) is 0 Å². The van der Waals surface area contributed by atoms with E-state index < -0.39 is 17.5 Å². The molecule has 0 saturated heterocycles. The normalized spacial score (nSPS) is 15.3. The average molecular weight is 655 g/mol. The maximum Gasteiger partial charge on any atom is 0.197 e. The van der Waals surface area contributed by atoms with Crippen molar-refractivity contribution in [1.82, 2.24) is 0 Å². The highest BCUT2D eigenvalue weighted by Gasteiger charge is 2.45. The molecule has 1 aliphatic heterocycles. The summed E-state index contributed by atoms with van der Waals surface area (Å²) < 4.78 is 52.2. The van der Waals surface area contributed by atoms with Crippen molar-refractivity contribution in [3.63, 3.8) is 0 Å². The number of hydrogen-bond donors (Lipinski definition) is 0. The fraction of sp³-hybridized carbons (Fsp3) is 0.243. The number of carbonyl (C=O) groups excluding carboxylic acids is 1. The van der Waals surface area contributed by atoms with Crippen LogP contribution in [0.4, 0.5) is 0 Å². The number of rotatable bonds is 10. The molecule has 1 aliphatic rings. The van der Waals surface area contributed by atoms with Crippen LogP contribution in [0, 0.1) is 0 Å². The molecule has 0 spiro atoms. The monoisotopic (exact) mass is 654 g/mol. The van der Waals surface area contributed by atoms with Crippen LogP contribution >= 0.6 is 0 Å². The van der Waals surface area contributed by atoms with Gasteiger partial charge in [0, 0.05) is 29.8 Å². The molecule has 0 N–H and O–H groups in total. The highest BCUT2D eigenvalue weighted by atomic mass is 16.5. The second-order valence-corrected chi connectivity index (χ2v) is 10.8. The summed E-state index contributed by atoms with van der Waals surface area (Å²) in [6.07, 6.45) is -0.909. The number of Topliss-reactive ketones (excluding diaryl/α,β-unsaturated/α-hetero) is 1. The molecule has 4 aromatic carbocycles. The van der Waals surface area contributed by atoms with Gasteiger partial charge >= 0.3 is 0 Å². The van der Waals surface area contributed by atoms with Crippen LogP contribution in [-0.4, -0.2) is 55.6 Å². The Balaban J connectivity index is 1.68. The van der Waals surface area contributed by atoms with Gasteiger partial charge in [-0.2, -0.15) is 0 Å². The van der Waals surface area contributed by atoms with Crippen LogP contribution in [0.25, 0.3) is 22.3 Å². The third-order valence-corrected chi connectivity index (χ3v) is 8.41. The standard InChI is InChI=1S/C37H34O11/c1-40-21-11-8-19(9-12-21)36-34(35(39)32-27(44-5)15-22(41-2)16-30(32)48-36)33-29(46-7)18-28(45-6)31-23(38)17-25(47-37(31)33)20-10-13-24(42-3)26(14-20)43-4/h8-18,34,36H,1-7H3/t34-,36+/m1/s1. The zero-order chi connectivity index (χ0) is 34.1. The Hall–Kier alpha value is -5.84. The lowest BCUT2D eigenvalue weighted by Crippen LogP contribution is -2.31. The van der Waals surface area contributed by atoms with Gasteiger partial charge in [-0.15, -0.1) is 0 Å². The molecule has 2 heterocycles. The lowest BCUT2D eigenvalue weighted by atomic mass is 9.79. The van der Waals surface area contributed by atoms with Gasteiger partial charge < -0.3 is 42.3 Å². The Kier molecular flexibility index (Phi) is 8.77. The Bertz CT molecular complexity index is 2060. The molecule has 6 rings (SSSR count). The van der Waals surface area contributed by atoms with E-state index in [1.54, 1.807) is 55.6 Å². The van der Waals surface area contributed by atoms with E-state index in [-0.39, 0.29) is 51.1 Å². The summed E-state index contributed by atoms with van der Waals surface area (Å²) in [6, 6.07) is 18.5. The molecule has 11 nitrogen and oxygen atoms in total. The third kappa shape index (κ3) is 5.36. The van der Waals surface area contributed by atoms with Crippen molar-refractivity contribution in [3.8, 4) is 57.3 Å². The number of carbonyl (C=O) groups is 1. The van der Waals surface area contributed by atoms with Gasteiger partial charge in [0.15, 0.2) is 22.7 Å². The Morgan fingerprint density at radius 1 is 0.583 bits per heavy atom. The summed E-state index contributed by atoms with van der Waals surface area (Å²) in [4.78, 5) is 28.8. The van der Waals surface area contributed by atoms with Crippen molar-refractivity contribution in [2.24, 2.45) is 0 Å². The molecule has 0 saturated carbocycles. The minimum atomic E-state index is -1.08. The zero-order valence-corrected chi connectivity index (χ0v) is 27.5. The van der Waals surface area contributed by atoms with E-state index >= 15 is 0 Å². The first-order valence-corrected chi connectivity index (χ1v) is 14.9. The van der Waals surface area contributed by atoms with E-state index in [4.69, 9.17) is 42.3 Å². The third-order valence-electron chi connectivity index (χ3n) is 8.41. The molecule has 248 valence electrons. The molecule has 0 bridgehead atoms. The van der Waals surface area contributed by atoms with E-state index in [1.807, 2.05) is 12.1 Å². The second kappa shape index (κ2) is 13.1. The molecule has 0 unspecified atom stereocenters. The molecular weight excluding hydrogens is 620 g/mol. The van der Waals surface area contributed by atoms with Gasteiger partial charge in [-0.1, -0.05) is 12.1 Å². The van der Waals surface area contributed by atoms with Crippen LogP contribution in [0.3, 0.4) is 0 Å². The summed E-state index contributed by atoms with van der Waals surface area (Å²) >= 11 is 0. The predicted octanol–water partition coefficient (Wildman–Crippen LogP) is 6.62. The summed E-state index contributed by atoms with van der Waals surface area (Å²) in [7, 11) is 10.5. The summed E-state index contributed by atoms with van der Waals surface area (Å²) in [6.45, 7) is 0. The van der Waals surface area contributed by atoms with Crippen molar-refractivity contribution >= 4 is 16.8 Å². The van der Waals surface area contributed by atoms with Crippen molar-refractivity contribution in [1.29, 1.82) is 0 Å². The molecule has 0 fully saturated rings. The van der Waals surface area contributed by atoms with E-state index in [9.17, 15) is 9.59 Å². The van der Waals surface area contributed by atoms with Crippen LogP contribution in [0.5, 0.6) is 46.0 Å². The summed E-state index contributed by atoms with van der Waals surface area (Å²) in [5, 5.41) is 0.131. The Morgan fingerprint density at radius 2 is 1.25 bits per heavy atom. The topological polar surface area (TPSA) is 121 Å². The smallest absolute Gasteiger partial charge is 0.197 e. The molecule has 1 aromatic heterocycles. The molecular formula is C37H34O11. The SMILES string of the molecule is COc1ccc([C@@H]2Oc3cc(OC)cc(OC)c3C(=O)[C@H]2c2c(OC)cc(OC)c3c(=O)cc(-c4ccc(OC)c(OC)c4)oc23)cc1. The lowest BCUT2D eigenvalue weighted by Gasteiger charge is -2.35. The van der Waals surface area contributed by atoms with E-state index in [0.717, 1.165) is 0 Å². The van der Waals surface area contributed by atoms with Crippen LogP contribution < -0.4 is 43.3 Å². The van der Waals surface area contributed by atoms with Gasteiger partial charge in [0.1, 0.15) is 62.9 Å². The van der Waals surface area contributed by atoms with Crippen molar-refractivity contribution in [2.45, 2.75) is 12.0 Å². The largest absolute Gasteiger partial charge is 0.497 e. The molecule has 0 radical (unpaired) electrons. The molecule has 5 aromatic rings. The number of benzene rings is 4. The van der Waals surface area contributed by atoms with Crippen molar-refractivity contribution in [3.05, 3.63) is 93.6 Å². The first kappa shape index (κ1) is 32.1. The number of ketones is 1. The fourth-order valence-corrected chi connectivity index (χ4v) is 6.07. The summed E-state index contributed by atoms with van der Waals surface area (Å²) in [5.74, 6) is 1.81. The first-order valence-electron chi connectivity index (χ1n) is 14.9. The highest BCUT2D eigenvalue weighted by Crippen LogP contribution is 2.52.